The van der Waals surface area contributed by atoms with Gasteiger partial charge in [0.2, 0.25) is 0 Å². The number of rotatable bonds is 3. The maximum atomic E-state index is 12.4. The second-order valence-corrected chi connectivity index (χ2v) is 8.31. The summed E-state index contributed by atoms with van der Waals surface area (Å²) < 4.78 is 0. The summed E-state index contributed by atoms with van der Waals surface area (Å²) in [5.74, 6) is 2.93. The molecule has 0 atom stereocenters. The molecule has 5 heteroatoms. The SMILES string of the molecule is Cc1ccnc(C)c1NC(=O)NCC1(N)C2CC3CC(C2)CC1C3. The lowest BCUT2D eigenvalue weighted by molar-refractivity contribution is -0.0528. The van der Waals surface area contributed by atoms with Gasteiger partial charge in [-0.3, -0.25) is 4.98 Å². The first-order chi connectivity index (χ1) is 11.5. The van der Waals surface area contributed by atoms with Gasteiger partial charge in [0.05, 0.1) is 11.4 Å². The smallest absolute Gasteiger partial charge is 0.319 e. The summed E-state index contributed by atoms with van der Waals surface area (Å²) >= 11 is 0. The quantitative estimate of drug-likeness (QED) is 0.798. The van der Waals surface area contributed by atoms with E-state index in [9.17, 15) is 4.79 Å². The Morgan fingerprint density at radius 3 is 2.42 bits per heavy atom. The van der Waals surface area contributed by atoms with Crippen LogP contribution in [0.5, 0.6) is 0 Å². The van der Waals surface area contributed by atoms with Crippen LogP contribution in [0.25, 0.3) is 0 Å². The average Bonchev–Trinajstić information content (AvgIpc) is 2.54. The van der Waals surface area contributed by atoms with Crippen LogP contribution in [0.3, 0.4) is 0 Å². The van der Waals surface area contributed by atoms with Gasteiger partial charge in [-0.1, -0.05) is 0 Å². The number of nitrogens with zero attached hydrogens (tertiary/aromatic N) is 1. The molecule has 0 unspecified atom stereocenters. The Balaban J connectivity index is 1.40. The van der Waals surface area contributed by atoms with Gasteiger partial charge < -0.3 is 16.4 Å². The molecule has 2 amide bonds. The largest absolute Gasteiger partial charge is 0.336 e. The number of aromatic nitrogens is 1. The standard InChI is InChI=1S/C19H28N4O/c1-11-3-4-21-12(2)17(11)23-18(24)22-10-19(20)15-6-13-5-14(8-15)9-16(19)7-13/h3-4,13-16H,5-10,20H2,1-2H3,(H2,22,23,24). The molecule has 4 aliphatic carbocycles. The van der Waals surface area contributed by atoms with Gasteiger partial charge in [0.15, 0.2) is 0 Å². The molecule has 0 aliphatic heterocycles. The number of carbonyl (C=O) groups is 1. The molecule has 4 bridgehead atoms. The van der Waals surface area contributed by atoms with Crippen LogP contribution in [0.15, 0.2) is 12.3 Å². The summed E-state index contributed by atoms with van der Waals surface area (Å²) in [5.41, 5.74) is 9.28. The number of aryl methyl sites for hydroxylation is 2. The summed E-state index contributed by atoms with van der Waals surface area (Å²) in [6.45, 7) is 4.46. The minimum atomic E-state index is -0.218. The molecule has 0 spiro atoms. The van der Waals surface area contributed by atoms with Crippen molar-refractivity contribution in [1.29, 1.82) is 0 Å². The molecule has 0 aromatic carbocycles. The Bertz CT molecular complexity index is 609. The second kappa shape index (κ2) is 5.73. The number of hydrogen-bond acceptors (Lipinski definition) is 3. The van der Waals surface area contributed by atoms with Crippen molar-refractivity contribution in [3.05, 3.63) is 23.5 Å². The molecule has 5 nitrogen and oxygen atoms in total. The molecular formula is C19H28N4O. The maximum absolute atomic E-state index is 12.4. The highest BCUT2D eigenvalue weighted by Gasteiger charge is 2.55. The maximum Gasteiger partial charge on any atom is 0.319 e. The van der Waals surface area contributed by atoms with Crippen molar-refractivity contribution in [2.75, 3.05) is 11.9 Å². The van der Waals surface area contributed by atoms with E-state index in [0.29, 0.717) is 18.4 Å². The molecule has 1 aromatic heterocycles. The molecule has 1 aromatic rings. The Hall–Kier alpha value is -1.62. The van der Waals surface area contributed by atoms with Crippen LogP contribution in [0.1, 0.15) is 43.4 Å². The van der Waals surface area contributed by atoms with Gasteiger partial charge in [0.25, 0.3) is 0 Å². The number of nitrogens with one attached hydrogen (secondary N) is 2. The topological polar surface area (TPSA) is 80.0 Å². The zero-order chi connectivity index (χ0) is 16.9. The summed E-state index contributed by atoms with van der Waals surface area (Å²) in [7, 11) is 0. The monoisotopic (exact) mass is 328 g/mol. The molecule has 4 fully saturated rings. The highest BCUT2D eigenvalue weighted by Crippen LogP contribution is 2.57. The Morgan fingerprint density at radius 2 is 1.83 bits per heavy atom. The van der Waals surface area contributed by atoms with Crippen molar-refractivity contribution in [3.8, 4) is 0 Å². The van der Waals surface area contributed by atoms with E-state index in [1.165, 1.54) is 32.1 Å². The summed E-state index contributed by atoms with van der Waals surface area (Å²) in [5, 5.41) is 6.00. The minimum absolute atomic E-state index is 0.173. The van der Waals surface area contributed by atoms with Crippen molar-refractivity contribution in [1.82, 2.24) is 10.3 Å². The van der Waals surface area contributed by atoms with E-state index in [-0.39, 0.29) is 11.6 Å². The van der Waals surface area contributed by atoms with Crippen LogP contribution in [0, 0.1) is 37.5 Å². The average molecular weight is 328 g/mol. The fraction of sp³-hybridized carbons (Fsp3) is 0.684. The van der Waals surface area contributed by atoms with Gasteiger partial charge in [-0.15, -0.1) is 0 Å². The number of amides is 2. The van der Waals surface area contributed by atoms with Crippen LogP contribution < -0.4 is 16.4 Å². The number of carbonyl (C=O) groups excluding carboxylic acids is 1. The van der Waals surface area contributed by atoms with Crippen LogP contribution in [-0.4, -0.2) is 23.1 Å². The Morgan fingerprint density at radius 1 is 1.21 bits per heavy atom. The minimum Gasteiger partial charge on any atom is -0.336 e. The number of pyridine rings is 1. The highest BCUT2D eigenvalue weighted by molar-refractivity contribution is 5.90. The molecule has 1 heterocycles. The van der Waals surface area contributed by atoms with Crippen LogP contribution in [0.2, 0.25) is 0 Å². The van der Waals surface area contributed by atoms with E-state index in [4.69, 9.17) is 5.73 Å². The van der Waals surface area contributed by atoms with Gasteiger partial charge in [0.1, 0.15) is 0 Å². The van der Waals surface area contributed by atoms with E-state index >= 15 is 0 Å². The first-order valence-corrected chi connectivity index (χ1v) is 9.21. The first kappa shape index (κ1) is 15.9. The van der Waals surface area contributed by atoms with Gasteiger partial charge in [-0.25, -0.2) is 4.79 Å². The molecule has 5 rings (SSSR count). The second-order valence-electron chi connectivity index (χ2n) is 8.31. The normalized spacial score (nSPS) is 36.6. The molecule has 4 N–H and O–H groups in total. The highest BCUT2D eigenvalue weighted by atomic mass is 16.2. The van der Waals surface area contributed by atoms with E-state index in [2.05, 4.69) is 15.6 Å². The van der Waals surface area contributed by atoms with Gasteiger partial charge in [-0.05, 0) is 81.3 Å². The fourth-order valence-corrected chi connectivity index (χ4v) is 5.62. The molecule has 24 heavy (non-hydrogen) atoms. The van der Waals surface area contributed by atoms with Gasteiger partial charge >= 0.3 is 6.03 Å². The fourth-order valence-electron chi connectivity index (χ4n) is 5.62. The molecular weight excluding hydrogens is 300 g/mol. The van der Waals surface area contributed by atoms with E-state index in [1.807, 2.05) is 19.9 Å². The molecule has 0 saturated heterocycles. The van der Waals surface area contributed by atoms with Crippen LogP contribution in [0.4, 0.5) is 10.5 Å². The summed E-state index contributed by atoms with van der Waals surface area (Å²) in [6, 6.07) is 1.73. The predicted octanol–water partition coefficient (Wildman–Crippen LogP) is 2.97. The predicted molar refractivity (Wildman–Crippen MR) is 94.7 cm³/mol. The van der Waals surface area contributed by atoms with Crippen molar-refractivity contribution in [2.45, 2.75) is 51.5 Å². The third-order valence-corrected chi connectivity index (χ3v) is 6.80. The van der Waals surface area contributed by atoms with Crippen LogP contribution in [-0.2, 0) is 0 Å². The van der Waals surface area contributed by atoms with E-state index in [0.717, 1.165) is 28.8 Å². The zero-order valence-corrected chi connectivity index (χ0v) is 14.6. The number of nitrogens with two attached hydrogens (primary N) is 1. The lowest BCUT2D eigenvalue weighted by atomic mass is 9.49. The number of hydrogen-bond donors (Lipinski definition) is 3. The van der Waals surface area contributed by atoms with Gasteiger partial charge in [-0.2, -0.15) is 0 Å². The molecule has 4 aliphatic rings. The zero-order valence-electron chi connectivity index (χ0n) is 14.6. The third-order valence-electron chi connectivity index (χ3n) is 6.80. The molecule has 4 saturated carbocycles. The van der Waals surface area contributed by atoms with Crippen molar-refractivity contribution in [3.63, 3.8) is 0 Å². The van der Waals surface area contributed by atoms with Gasteiger partial charge in [0, 0.05) is 18.3 Å². The van der Waals surface area contributed by atoms with Crippen molar-refractivity contribution >= 4 is 11.7 Å². The third kappa shape index (κ3) is 2.59. The number of anilines is 1. The molecule has 130 valence electrons. The Labute approximate surface area is 143 Å². The van der Waals surface area contributed by atoms with E-state index < -0.39 is 0 Å². The lowest BCUT2D eigenvalue weighted by Gasteiger charge is -2.59. The Kier molecular flexibility index (Phi) is 3.79. The lowest BCUT2D eigenvalue weighted by Crippen LogP contribution is -2.67. The van der Waals surface area contributed by atoms with Crippen molar-refractivity contribution in [2.24, 2.45) is 29.4 Å². The summed E-state index contributed by atoms with van der Waals surface area (Å²) in [4.78, 5) is 16.6. The van der Waals surface area contributed by atoms with Crippen molar-refractivity contribution < 1.29 is 4.79 Å². The first-order valence-electron chi connectivity index (χ1n) is 9.21. The van der Waals surface area contributed by atoms with Crippen LogP contribution >= 0.6 is 0 Å². The molecule has 0 radical (unpaired) electrons. The number of urea groups is 1. The van der Waals surface area contributed by atoms with E-state index in [1.54, 1.807) is 6.20 Å². The summed E-state index contributed by atoms with van der Waals surface area (Å²) in [6.07, 6.45) is 8.20.